The number of piperazine rings is 1. The number of sulfone groups is 1. The molecule has 0 aliphatic carbocycles. The molecule has 0 bridgehead atoms. The first-order chi connectivity index (χ1) is 19.7. The van der Waals surface area contributed by atoms with Crippen molar-refractivity contribution in [1.29, 1.82) is 0 Å². The predicted octanol–water partition coefficient (Wildman–Crippen LogP) is 3.38. The van der Waals surface area contributed by atoms with Crippen LogP contribution in [0.1, 0.15) is 50.3 Å². The molecule has 10 heteroatoms. The molecule has 0 aromatic heterocycles. The highest BCUT2D eigenvalue weighted by molar-refractivity contribution is 7.90. The van der Waals surface area contributed by atoms with Gasteiger partial charge in [-0.1, -0.05) is 49.4 Å². The van der Waals surface area contributed by atoms with Gasteiger partial charge in [-0.15, -0.1) is 0 Å². The number of benzene rings is 2. The van der Waals surface area contributed by atoms with Gasteiger partial charge in [0.1, 0.15) is 0 Å². The van der Waals surface area contributed by atoms with Gasteiger partial charge in [-0.3, -0.25) is 9.69 Å². The fourth-order valence-corrected chi connectivity index (χ4v) is 7.73. The molecule has 2 aromatic rings. The minimum absolute atomic E-state index is 0.102. The Morgan fingerprint density at radius 3 is 2.15 bits per heavy atom. The fourth-order valence-electron chi connectivity index (χ4n) is 6.17. The molecule has 2 heterocycles. The van der Waals surface area contributed by atoms with E-state index < -0.39 is 20.8 Å². The molecule has 2 aliphatic heterocycles. The Morgan fingerprint density at radius 2 is 1.59 bits per heavy atom. The lowest BCUT2D eigenvalue weighted by Crippen LogP contribution is -2.50. The van der Waals surface area contributed by atoms with Gasteiger partial charge in [-0.2, -0.15) is 0 Å². The zero-order valence-corrected chi connectivity index (χ0v) is 26.4. The highest BCUT2D eigenvalue weighted by Gasteiger charge is 2.30. The van der Waals surface area contributed by atoms with Gasteiger partial charge in [0, 0.05) is 69.9 Å². The van der Waals surface area contributed by atoms with Crippen LogP contribution in [0.15, 0.2) is 59.5 Å². The average Bonchev–Trinajstić information content (AvgIpc) is 2.98. The van der Waals surface area contributed by atoms with E-state index in [1.165, 1.54) is 11.8 Å². The summed E-state index contributed by atoms with van der Waals surface area (Å²) in [5, 5.41) is 0. The van der Waals surface area contributed by atoms with E-state index in [2.05, 4.69) is 44.4 Å². The topological polar surface area (TPSA) is 81.2 Å². The molecule has 0 spiro atoms. The van der Waals surface area contributed by atoms with Gasteiger partial charge in [0.25, 0.3) is 0 Å². The Hall–Kier alpha value is -2.11. The summed E-state index contributed by atoms with van der Waals surface area (Å²) < 4.78 is 37.9. The molecule has 2 fully saturated rings. The largest absolute Gasteiger partial charge is 0.340 e. The number of likely N-dealkylation sites (tertiary alicyclic amines) is 1. The maximum Gasteiger partial charge on any atom is 0.227 e. The molecule has 8 nitrogen and oxygen atoms in total. The van der Waals surface area contributed by atoms with Gasteiger partial charge in [0.15, 0.2) is 9.84 Å². The van der Waals surface area contributed by atoms with E-state index in [1.54, 1.807) is 24.3 Å². The first-order valence-corrected chi connectivity index (χ1v) is 18.1. The van der Waals surface area contributed by atoms with Crippen molar-refractivity contribution in [3.8, 4) is 0 Å². The zero-order chi connectivity index (χ0) is 29.4. The molecule has 2 aromatic carbocycles. The third-order valence-electron chi connectivity index (χ3n) is 8.52. The van der Waals surface area contributed by atoms with Gasteiger partial charge in [-0.25, -0.2) is 16.9 Å². The second kappa shape index (κ2) is 14.9. The monoisotopic (exact) mass is 602 g/mol. The van der Waals surface area contributed by atoms with Crippen LogP contribution in [0.5, 0.6) is 0 Å². The molecule has 41 heavy (non-hydrogen) atoms. The van der Waals surface area contributed by atoms with Crippen LogP contribution in [0, 0.1) is 0 Å². The van der Waals surface area contributed by atoms with Crippen LogP contribution in [0.4, 0.5) is 0 Å². The summed E-state index contributed by atoms with van der Waals surface area (Å²) in [5.74, 6) is 0.780. The van der Waals surface area contributed by atoms with Crippen molar-refractivity contribution in [3.05, 3.63) is 65.7 Å². The number of likely N-dealkylation sites (N-methyl/N-ethyl adjacent to an activating group) is 1. The number of rotatable bonds is 12. The molecule has 1 amide bonds. The SMILES string of the molecule is CCN(C(=O)Cc1ccc(S(C)(=O)=O)cc1)C1CCN(CCC(c2ccccc2)N2CCN(S(=O)CC)CC2)CC1. The van der Waals surface area contributed by atoms with Crippen molar-refractivity contribution in [3.63, 3.8) is 0 Å². The smallest absolute Gasteiger partial charge is 0.227 e. The van der Waals surface area contributed by atoms with Crippen LogP contribution in [0.25, 0.3) is 0 Å². The van der Waals surface area contributed by atoms with Gasteiger partial charge < -0.3 is 9.80 Å². The molecule has 0 N–H and O–H groups in total. The van der Waals surface area contributed by atoms with E-state index in [1.807, 2.05) is 18.7 Å². The number of carbonyl (C=O) groups excluding carboxylic acids is 1. The van der Waals surface area contributed by atoms with Crippen molar-refractivity contribution >= 4 is 26.7 Å². The zero-order valence-electron chi connectivity index (χ0n) is 24.8. The van der Waals surface area contributed by atoms with Gasteiger partial charge in [-0.05, 0) is 56.0 Å². The molecule has 226 valence electrons. The number of piperidine rings is 1. The Morgan fingerprint density at radius 1 is 0.951 bits per heavy atom. The molecular formula is C31H46N4O4S2. The second-order valence-electron chi connectivity index (χ2n) is 11.1. The molecule has 0 radical (unpaired) electrons. The van der Waals surface area contributed by atoms with Gasteiger partial charge >= 0.3 is 0 Å². The lowest BCUT2D eigenvalue weighted by atomic mass is 9.98. The van der Waals surface area contributed by atoms with Crippen LogP contribution in [0.2, 0.25) is 0 Å². The van der Waals surface area contributed by atoms with Crippen molar-refractivity contribution in [2.24, 2.45) is 0 Å². The van der Waals surface area contributed by atoms with Gasteiger partial charge in [0.2, 0.25) is 5.91 Å². The molecule has 2 atom stereocenters. The molecular weight excluding hydrogens is 556 g/mol. The maximum atomic E-state index is 13.2. The van der Waals surface area contributed by atoms with Crippen LogP contribution < -0.4 is 0 Å². The molecule has 2 unspecified atom stereocenters. The van der Waals surface area contributed by atoms with E-state index in [-0.39, 0.29) is 23.3 Å². The Labute approximate surface area is 249 Å². The Kier molecular flexibility index (Phi) is 11.5. The number of hydrogen-bond acceptors (Lipinski definition) is 6. The lowest BCUT2D eigenvalue weighted by molar-refractivity contribution is -0.133. The van der Waals surface area contributed by atoms with Crippen molar-refractivity contribution in [2.75, 3.05) is 64.4 Å². The highest BCUT2D eigenvalue weighted by atomic mass is 32.2. The van der Waals surface area contributed by atoms with Crippen molar-refractivity contribution < 1.29 is 17.4 Å². The van der Waals surface area contributed by atoms with Crippen LogP contribution >= 0.6 is 0 Å². The molecule has 0 saturated carbocycles. The van der Waals surface area contributed by atoms with Crippen LogP contribution in [-0.2, 0) is 32.0 Å². The summed E-state index contributed by atoms with van der Waals surface area (Å²) in [6, 6.07) is 18.0. The predicted molar refractivity (Wildman–Crippen MR) is 166 cm³/mol. The number of amides is 1. The molecule has 2 saturated heterocycles. The summed E-state index contributed by atoms with van der Waals surface area (Å²) >= 11 is 0. The lowest BCUT2D eigenvalue weighted by Gasteiger charge is -2.41. The van der Waals surface area contributed by atoms with E-state index in [9.17, 15) is 17.4 Å². The van der Waals surface area contributed by atoms with Gasteiger partial charge in [0.05, 0.1) is 22.3 Å². The number of hydrogen-bond donors (Lipinski definition) is 0. The van der Waals surface area contributed by atoms with E-state index in [0.29, 0.717) is 18.3 Å². The Balaban J connectivity index is 1.29. The van der Waals surface area contributed by atoms with Crippen molar-refractivity contribution in [2.45, 2.75) is 56.5 Å². The van der Waals surface area contributed by atoms with E-state index >= 15 is 0 Å². The highest BCUT2D eigenvalue weighted by Crippen LogP contribution is 2.27. The average molecular weight is 603 g/mol. The molecule has 4 rings (SSSR count). The number of carbonyl (C=O) groups is 1. The third-order valence-corrected chi connectivity index (χ3v) is 11.1. The van der Waals surface area contributed by atoms with Crippen LogP contribution in [0.3, 0.4) is 0 Å². The summed E-state index contributed by atoms with van der Waals surface area (Å²) in [5.41, 5.74) is 2.19. The third kappa shape index (κ3) is 8.70. The van der Waals surface area contributed by atoms with E-state index in [0.717, 1.165) is 70.6 Å². The summed E-state index contributed by atoms with van der Waals surface area (Å²) in [7, 11) is -4.12. The van der Waals surface area contributed by atoms with Crippen LogP contribution in [-0.4, -0.2) is 108 Å². The van der Waals surface area contributed by atoms with Crippen molar-refractivity contribution in [1.82, 2.24) is 19.0 Å². The minimum Gasteiger partial charge on any atom is -0.340 e. The second-order valence-corrected chi connectivity index (χ2v) is 14.9. The number of nitrogens with zero attached hydrogens (tertiary/aromatic N) is 4. The minimum atomic E-state index is -3.25. The van der Waals surface area contributed by atoms with E-state index in [4.69, 9.17) is 0 Å². The fraction of sp³-hybridized carbons (Fsp3) is 0.581. The summed E-state index contributed by atoms with van der Waals surface area (Å²) in [4.78, 5) is 20.6. The first kappa shape index (κ1) is 31.8. The molecule has 2 aliphatic rings. The standard InChI is InChI=1S/C31H46N4O4S2/c1-4-35(31(36)25-26-11-13-29(14-12-26)41(3,38)39)28-15-18-32(19-16-28)20-17-30(27-9-7-6-8-10-27)33-21-23-34(24-22-33)40(37)5-2/h6-14,28,30H,4-5,15-25H2,1-3H3. The normalized spacial score (nSPS) is 19.6. The first-order valence-electron chi connectivity index (χ1n) is 14.9. The quantitative estimate of drug-likeness (QED) is 0.371. The summed E-state index contributed by atoms with van der Waals surface area (Å²) in [6.07, 6.45) is 4.45. The summed E-state index contributed by atoms with van der Waals surface area (Å²) in [6.45, 7) is 11.2. The Bertz CT molecular complexity index is 1240. The maximum absolute atomic E-state index is 13.2.